The lowest BCUT2D eigenvalue weighted by molar-refractivity contribution is -0.138. The van der Waals surface area contributed by atoms with Crippen molar-refractivity contribution >= 4 is 23.4 Å². The summed E-state index contributed by atoms with van der Waals surface area (Å²) in [5.41, 5.74) is 4.24. The van der Waals surface area contributed by atoms with Crippen molar-refractivity contribution in [3.8, 4) is 0 Å². The number of carbonyl (C=O) groups excluding carboxylic acids is 3. The minimum absolute atomic E-state index is 0.0327. The van der Waals surface area contributed by atoms with Gasteiger partial charge in [0.1, 0.15) is 5.54 Å². The SMILES string of the molecule is Cc1nn(CCC(=O)N2CCCNC(=O)[C@H]3C[C@@H]4CCCN4[C@@]34C(=O)N(CCC2)c2ccccc24)c(C)c1C. The highest BCUT2D eigenvalue weighted by Crippen LogP contribution is 2.57. The van der Waals surface area contributed by atoms with E-state index in [1.165, 1.54) is 5.56 Å². The van der Waals surface area contributed by atoms with Crippen LogP contribution >= 0.6 is 0 Å². The van der Waals surface area contributed by atoms with E-state index in [4.69, 9.17) is 0 Å². The van der Waals surface area contributed by atoms with E-state index < -0.39 is 11.5 Å². The molecule has 3 amide bonds. The summed E-state index contributed by atoms with van der Waals surface area (Å²) in [5, 5.41) is 7.74. The number of hydrogen-bond donors (Lipinski definition) is 1. The number of para-hydroxylation sites is 1. The zero-order valence-electron chi connectivity index (χ0n) is 23.4. The Labute approximate surface area is 230 Å². The van der Waals surface area contributed by atoms with Gasteiger partial charge in [-0.25, -0.2) is 0 Å². The van der Waals surface area contributed by atoms with Crippen LogP contribution in [0, 0.1) is 26.7 Å². The molecular formula is C30H40N6O3. The maximum Gasteiger partial charge on any atom is 0.253 e. The first-order chi connectivity index (χ1) is 18.8. The van der Waals surface area contributed by atoms with Gasteiger partial charge in [0.15, 0.2) is 0 Å². The average Bonchev–Trinajstić information content (AvgIpc) is 3.64. The summed E-state index contributed by atoms with van der Waals surface area (Å²) in [6.45, 7) is 9.68. The molecule has 1 aromatic carbocycles. The Hall–Kier alpha value is -3.20. The van der Waals surface area contributed by atoms with Gasteiger partial charge in [-0.2, -0.15) is 5.10 Å². The fourth-order valence-corrected chi connectivity index (χ4v) is 7.53. The zero-order valence-corrected chi connectivity index (χ0v) is 23.4. The molecule has 4 aliphatic rings. The molecule has 2 aromatic rings. The molecular weight excluding hydrogens is 492 g/mol. The summed E-state index contributed by atoms with van der Waals surface area (Å²) in [6.07, 6.45) is 4.57. The predicted octanol–water partition coefficient (Wildman–Crippen LogP) is 2.66. The van der Waals surface area contributed by atoms with Crippen molar-refractivity contribution in [3.05, 3.63) is 46.8 Å². The molecule has 39 heavy (non-hydrogen) atoms. The summed E-state index contributed by atoms with van der Waals surface area (Å²) < 4.78 is 1.92. The summed E-state index contributed by atoms with van der Waals surface area (Å²) >= 11 is 0. The number of nitrogens with one attached hydrogen (secondary N) is 1. The number of nitrogens with zero attached hydrogens (tertiary/aromatic N) is 5. The zero-order chi connectivity index (χ0) is 27.3. The second-order valence-corrected chi connectivity index (χ2v) is 11.7. The monoisotopic (exact) mass is 532 g/mol. The van der Waals surface area contributed by atoms with E-state index in [1.807, 2.05) is 46.5 Å². The lowest BCUT2D eigenvalue weighted by Crippen LogP contribution is -2.56. The number of carbonyl (C=O) groups is 3. The van der Waals surface area contributed by atoms with Gasteiger partial charge < -0.3 is 15.1 Å². The molecule has 1 aromatic heterocycles. The van der Waals surface area contributed by atoms with E-state index in [2.05, 4.69) is 28.3 Å². The van der Waals surface area contributed by atoms with Crippen LogP contribution in [-0.4, -0.2) is 76.1 Å². The van der Waals surface area contributed by atoms with Gasteiger partial charge in [-0.05, 0) is 71.0 Å². The third kappa shape index (κ3) is 4.08. The van der Waals surface area contributed by atoms with E-state index >= 15 is 0 Å². The topological polar surface area (TPSA) is 90.8 Å². The molecule has 9 nitrogen and oxygen atoms in total. The Morgan fingerprint density at radius 1 is 1.05 bits per heavy atom. The number of benzene rings is 1. The van der Waals surface area contributed by atoms with Gasteiger partial charge in [-0.1, -0.05) is 18.2 Å². The second-order valence-electron chi connectivity index (χ2n) is 11.7. The fraction of sp³-hybridized carbons (Fsp3) is 0.600. The van der Waals surface area contributed by atoms with Gasteiger partial charge in [0.25, 0.3) is 5.91 Å². The minimum atomic E-state index is -0.913. The molecule has 1 spiro atoms. The molecule has 0 unspecified atom stereocenters. The molecule has 6 rings (SSSR count). The first-order valence-corrected chi connectivity index (χ1v) is 14.6. The van der Waals surface area contributed by atoms with E-state index in [0.29, 0.717) is 52.0 Å². The van der Waals surface area contributed by atoms with Crippen molar-refractivity contribution < 1.29 is 14.4 Å². The summed E-state index contributed by atoms with van der Waals surface area (Å²) in [6, 6.07) is 8.30. The summed E-state index contributed by atoms with van der Waals surface area (Å²) in [4.78, 5) is 47.6. The van der Waals surface area contributed by atoms with E-state index in [9.17, 15) is 14.4 Å². The molecule has 208 valence electrons. The molecule has 3 fully saturated rings. The molecule has 1 N–H and O–H groups in total. The first kappa shape index (κ1) is 26.0. The van der Waals surface area contributed by atoms with E-state index in [-0.39, 0.29) is 23.8 Å². The van der Waals surface area contributed by atoms with Crippen molar-refractivity contribution in [3.63, 3.8) is 0 Å². The highest BCUT2D eigenvalue weighted by Gasteiger charge is 2.67. The van der Waals surface area contributed by atoms with Gasteiger partial charge in [0.05, 0.1) is 11.6 Å². The Balaban J connectivity index is 1.24. The van der Waals surface area contributed by atoms with Crippen molar-refractivity contribution in [1.82, 2.24) is 24.9 Å². The Morgan fingerprint density at radius 3 is 2.64 bits per heavy atom. The van der Waals surface area contributed by atoms with E-state index in [0.717, 1.165) is 48.4 Å². The number of hydrogen-bond acceptors (Lipinski definition) is 5. The average molecular weight is 533 g/mol. The van der Waals surface area contributed by atoms with Crippen molar-refractivity contribution in [2.75, 3.05) is 37.6 Å². The molecule has 2 bridgehead atoms. The van der Waals surface area contributed by atoms with Crippen LogP contribution in [0.15, 0.2) is 24.3 Å². The van der Waals surface area contributed by atoms with Gasteiger partial charge in [0.2, 0.25) is 11.8 Å². The van der Waals surface area contributed by atoms with Gasteiger partial charge in [-0.3, -0.25) is 24.0 Å². The van der Waals surface area contributed by atoms with Crippen LogP contribution in [0.1, 0.15) is 61.0 Å². The van der Waals surface area contributed by atoms with E-state index in [1.54, 1.807) is 0 Å². The van der Waals surface area contributed by atoms with Gasteiger partial charge >= 0.3 is 0 Å². The number of aryl methyl sites for hydroxylation is 2. The van der Waals surface area contributed by atoms with Crippen molar-refractivity contribution in [2.45, 2.75) is 77.4 Å². The van der Waals surface area contributed by atoms with Crippen molar-refractivity contribution in [2.24, 2.45) is 5.92 Å². The molecule has 0 radical (unpaired) electrons. The first-order valence-electron chi connectivity index (χ1n) is 14.6. The lowest BCUT2D eigenvalue weighted by Gasteiger charge is -2.37. The fourth-order valence-electron chi connectivity index (χ4n) is 7.53. The molecule has 3 saturated heterocycles. The number of fused-ring (bicyclic) bond motifs is 4. The van der Waals surface area contributed by atoms with Crippen molar-refractivity contribution in [1.29, 1.82) is 0 Å². The Morgan fingerprint density at radius 2 is 1.85 bits per heavy atom. The number of anilines is 1. The summed E-state index contributed by atoms with van der Waals surface area (Å²) in [5.74, 6) is -0.316. The number of rotatable bonds is 3. The maximum absolute atomic E-state index is 14.4. The maximum atomic E-state index is 14.4. The normalized spacial score (nSPS) is 27.4. The van der Waals surface area contributed by atoms with Gasteiger partial charge in [-0.15, -0.1) is 0 Å². The minimum Gasteiger partial charge on any atom is -0.356 e. The second kappa shape index (κ2) is 10.1. The van der Waals surface area contributed by atoms with Crippen LogP contribution in [0.2, 0.25) is 0 Å². The molecule has 3 atom stereocenters. The smallest absolute Gasteiger partial charge is 0.253 e. The van der Waals surface area contributed by atoms with Crippen LogP contribution < -0.4 is 10.2 Å². The largest absolute Gasteiger partial charge is 0.356 e. The predicted molar refractivity (Wildman–Crippen MR) is 148 cm³/mol. The van der Waals surface area contributed by atoms with Crippen LogP contribution in [0.4, 0.5) is 5.69 Å². The number of aromatic nitrogens is 2. The Bertz CT molecular complexity index is 1300. The third-order valence-electron chi connectivity index (χ3n) is 9.68. The standard InChI is InChI=1S/C30H40N6O3/c1-20-21(2)32-36(22(20)3)18-12-27(37)33-14-7-13-31-28(38)25-19-23-9-6-17-35(23)30(25)24-10-4-5-11-26(24)34(29(30)39)16-8-15-33/h4-5,10-11,23,25H,6-9,12-19H2,1-3H3,(H,31,38)/t23-,25+,30+/m0/s1. The molecule has 5 heterocycles. The van der Waals surface area contributed by atoms with Gasteiger partial charge in [0, 0.05) is 62.1 Å². The Kier molecular flexibility index (Phi) is 6.73. The molecule has 0 aliphatic carbocycles. The molecule has 9 heteroatoms. The highest BCUT2D eigenvalue weighted by molar-refractivity contribution is 6.10. The lowest BCUT2D eigenvalue weighted by atomic mass is 9.78. The van der Waals surface area contributed by atoms with Crippen LogP contribution in [-0.2, 0) is 26.5 Å². The van der Waals surface area contributed by atoms with Crippen LogP contribution in [0.5, 0.6) is 0 Å². The molecule has 4 aliphatic heterocycles. The van der Waals surface area contributed by atoms with Crippen LogP contribution in [0.3, 0.4) is 0 Å². The molecule has 0 saturated carbocycles. The van der Waals surface area contributed by atoms with Crippen LogP contribution in [0.25, 0.3) is 0 Å². The number of amides is 3. The highest BCUT2D eigenvalue weighted by atomic mass is 16.2. The third-order valence-corrected chi connectivity index (χ3v) is 9.68. The quantitative estimate of drug-likeness (QED) is 0.657. The summed E-state index contributed by atoms with van der Waals surface area (Å²) in [7, 11) is 0.